The van der Waals surface area contributed by atoms with Crippen molar-refractivity contribution in [2.45, 2.75) is 19.1 Å². The topological polar surface area (TPSA) is 68.4 Å². The number of aromatic nitrogens is 2. The SMILES string of the molecule is C=Cn1c2c(c3ccc(-n4ccc(OCc5ccccc5)cc4=O)cc31)CCNC2CO. The molecule has 0 fully saturated rings. The third-order valence-corrected chi connectivity index (χ3v) is 6.01. The van der Waals surface area contributed by atoms with Gasteiger partial charge in [0.05, 0.1) is 23.9 Å². The van der Waals surface area contributed by atoms with Gasteiger partial charge in [0.1, 0.15) is 12.4 Å². The highest BCUT2D eigenvalue weighted by Gasteiger charge is 2.26. The summed E-state index contributed by atoms with van der Waals surface area (Å²) in [5.41, 5.74) is 4.89. The monoisotopic (exact) mass is 427 g/mol. The van der Waals surface area contributed by atoms with E-state index in [1.807, 2.05) is 47.0 Å². The standard InChI is InChI=1S/C26H25N3O3/c1-2-28-24-14-19(8-9-21(24)22-10-12-27-23(16-30)26(22)28)29-13-11-20(15-25(29)31)32-17-18-6-4-3-5-7-18/h2-9,11,13-15,23,27,30H,1,10,12,16-17H2. The van der Waals surface area contributed by atoms with E-state index in [1.54, 1.807) is 23.0 Å². The zero-order valence-electron chi connectivity index (χ0n) is 17.7. The van der Waals surface area contributed by atoms with Gasteiger partial charge in [-0.3, -0.25) is 9.36 Å². The number of hydrogen-bond donors (Lipinski definition) is 2. The normalized spacial score (nSPS) is 15.5. The second-order valence-corrected chi connectivity index (χ2v) is 7.90. The minimum absolute atomic E-state index is 0.0217. The summed E-state index contributed by atoms with van der Waals surface area (Å²) in [6, 6.07) is 19.0. The smallest absolute Gasteiger partial charge is 0.258 e. The molecule has 1 atom stereocenters. The Morgan fingerprint density at radius 3 is 2.75 bits per heavy atom. The van der Waals surface area contributed by atoms with Crippen LogP contribution in [0.2, 0.25) is 0 Å². The Bertz CT molecular complexity index is 1340. The summed E-state index contributed by atoms with van der Waals surface area (Å²) in [4.78, 5) is 12.8. The number of rotatable bonds is 6. The number of pyridine rings is 1. The summed E-state index contributed by atoms with van der Waals surface area (Å²) in [6.45, 7) is 5.23. The van der Waals surface area contributed by atoms with Crippen LogP contribution in [0.3, 0.4) is 0 Å². The molecule has 1 unspecified atom stereocenters. The van der Waals surface area contributed by atoms with E-state index >= 15 is 0 Å². The van der Waals surface area contributed by atoms with Crippen LogP contribution >= 0.6 is 0 Å². The van der Waals surface area contributed by atoms with E-state index in [9.17, 15) is 9.90 Å². The minimum Gasteiger partial charge on any atom is -0.489 e. The van der Waals surface area contributed by atoms with Crippen molar-refractivity contribution in [3.05, 3.63) is 101 Å². The zero-order valence-corrected chi connectivity index (χ0v) is 17.7. The lowest BCUT2D eigenvalue weighted by atomic mass is 9.99. The van der Waals surface area contributed by atoms with Gasteiger partial charge in [0.25, 0.3) is 5.56 Å². The lowest BCUT2D eigenvalue weighted by Gasteiger charge is -2.24. The molecule has 5 rings (SSSR count). The molecule has 0 saturated heterocycles. The molecule has 1 aliphatic heterocycles. The first-order valence-corrected chi connectivity index (χ1v) is 10.7. The lowest BCUT2D eigenvalue weighted by molar-refractivity contribution is 0.237. The van der Waals surface area contributed by atoms with Gasteiger partial charge >= 0.3 is 0 Å². The van der Waals surface area contributed by atoms with Crippen LogP contribution in [0.5, 0.6) is 5.75 Å². The second kappa shape index (κ2) is 8.49. The van der Waals surface area contributed by atoms with E-state index in [-0.39, 0.29) is 18.2 Å². The highest BCUT2D eigenvalue weighted by Crippen LogP contribution is 2.34. The summed E-state index contributed by atoms with van der Waals surface area (Å²) in [5, 5.41) is 14.3. The minimum atomic E-state index is -0.161. The van der Waals surface area contributed by atoms with Crippen LogP contribution in [0.1, 0.15) is 22.9 Å². The fourth-order valence-corrected chi connectivity index (χ4v) is 4.50. The van der Waals surface area contributed by atoms with Gasteiger partial charge < -0.3 is 19.7 Å². The van der Waals surface area contributed by atoms with Crippen LogP contribution in [0, 0.1) is 0 Å². The number of ether oxygens (including phenoxy) is 1. The average molecular weight is 428 g/mol. The van der Waals surface area contributed by atoms with Gasteiger partial charge in [-0.05, 0) is 42.3 Å². The van der Waals surface area contributed by atoms with Crippen molar-refractivity contribution in [1.82, 2.24) is 14.5 Å². The average Bonchev–Trinajstić information content (AvgIpc) is 3.16. The van der Waals surface area contributed by atoms with Crippen LogP contribution in [-0.2, 0) is 13.0 Å². The molecule has 3 heterocycles. The molecule has 6 nitrogen and oxygen atoms in total. The van der Waals surface area contributed by atoms with E-state index in [1.165, 1.54) is 11.6 Å². The Balaban J connectivity index is 1.49. The first kappa shape index (κ1) is 20.3. The molecule has 1 aliphatic rings. The predicted molar refractivity (Wildman–Crippen MR) is 126 cm³/mol. The molecule has 2 aromatic carbocycles. The number of hydrogen-bond acceptors (Lipinski definition) is 4. The fraction of sp³-hybridized carbons (Fsp3) is 0.192. The van der Waals surface area contributed by atoms with Crippen molar-refractivity contribution in [3.63, 3.8) is 0 Å². The molecule has 0 amide bonds. The van der Waals surface area contributed by atoms with Crippen LogP contribution in [0.15, 0.2) is 78.2 Å². The van der Waals surface area contributed by atoms with Crippen LogP contribution in [0.4, 0.5) is 0 Å². The van der Waals surface area contributed by atoms with E-state index in [4.69, 9.17) is 4.74 Å². The van der Waals surface area contributed by atoms with E-state index < -0.39 is 0 Å². The maximum absolute atomic E-state index is 12.8. The molecule has 0 aliphatic carbocycles. The van der Waals surface area contributed by atoms with Crippen LogP contribution in [0.25, 0.3) is 22.8 Å². The van der Waals surface area contributed by atoms with Crippen molar-refractivity contribution in [2.24, 2.45) is 0 Å². The molecule has 32 heavy (non-hydrogen) atoms. The van der Waals surface area contributed by atoms with Gasteiger partial charge in [-0.1, -0.05) is 43.0 Å². The highest BCUT2D eigenvalue weighted by atomic mass is 16.5. The molecule has 6 heteroatoms. The van der Waals surface area contributed by atoms with Crippen molar-refractivity contribution in [2.75, 3.05) is 13.2 Å². The van der Waals surface area contributed by atoms with Gasteiger partial charge in [-0.25, -0.2) is 0 Å². The molecule has 2 N–H and O–H groups in total. The Kier molecular flexibility index (Phi) is 5.39. The molecular weight excluding hydrogens is 402 g/mol. The van der Waals surface area contributed by atoms with Gasteiger partial charge in [0.2, 0.25) is 0 Å². The largest absolute Gasteiger partial charge is 0.489 e. The van der Waals surface area contributed by atoms with Crippen LogP contribution in [-0.4, -0.2) is 27.4 Å². The summed E-state index contributed by atoms with van der Waals surface area (Å²) in [5.74, 6) is 0.540. The molecule has 0 radical (unpaired) electrons. The summed E-state index contributed by atoms with van der Waals surface area (Å²) >= 11 is 0. The Hall–Kier alpha value is -3.61. The number of aliphatic hydroxyl groups excluding tert-OH is 1. The Labute approximate surface area is 186 Å². The number of nitrogens with zero attached hydrogens (tertiary/aromatic N) is 2. The molecular formula is C26H25N3O3. The zero-order chi connectivity index (χ0) is 22.1. The van der Waals surface area contributed by atoms with E-state index in [0.29, 0.717) is 12.4 Å². The number of nitrogens with one attached hydrogen (secondary N) is 1. The fourth-order valence-electron chi connectivity index (χ4n) is 4.50. The Morgan fingerprint density at radius 1 is 1.16 bits per heavy atom. The Morgan fingerprint density at radius 2 is 2.00 bits per heavy atom. The van der Waals surface area contributed by atoms with Crippen LogP contribution < -0.4 is 15.6 Å². The predicted octanol–water partition coefficient (Wildman–Crippen LogP) is 3.65. The summed E-state index contributed by atoms with van der Waals surface area (Å²) < 4.78 is 9.41. The van der Waals surface area contributed by atoms with Crippen molar-refractivity contribution < 1.29 is 9.84 Å². The van der Waals surface area contributed by atoms with Gasteiger partial charge in [-0.2, -0.15) is 0 Å². The maximum Gasteiger partial charge on any atom is 0.258 e. The maximum atomic E-state index is 12.8. The quantitative estimate of drug-likeness (QED) is 0.493. The molecule has 0 saturated carbocycles. The molecule has 2 aromatic heterocycles. The summed E-state index contributed by atoms with van der Waals surface area (Å²) in [7, 11) is 0. The number of aliphatic hydroxyl groups is 1. The molecule has 0 bridgehead atoms. The van der Waals surface area contributed by atoms with E-state index in [0.717, 1.165) is 40.8 Å². The van der Waals surface area contributed by atoms with Crippen molar-refractivity contribution in [1.29, 1.82) is 0 Å². The summed E-state index contributed by atoms with van der Waals surface area (Å²) in [6.07, 6.45) is 4.39. The van der Waals surface area contributed by atoms with Crippen molar-refractivity contribution in [3.8, 4) is 11.4 Å². The molecule has 162 valence electrons. The van der Waals surface area contributed by atoms with Crippen molar-refractivity contribution >= 4 is 17.1 Å². The first-order chi connectivity index (χ1) is 15.7. The lowest BCUT2D eigenvalue weighted by Crippen LogP contribution is -2.32. The molecule has 4 aromatic rings. The highest BCUT2D eigenvalue weighted by molar-refractivity contribution is 5.89. The second-order valence-electron chi connectivity index (χ2n) is 7.90. The number of benzene rings is 2. The molecule has 0 spiro atoms. The third kappa shape index (κ3) is 3.53. The van der Waals surface area contributed by atoms with E-state index in [2.05, 4.69) is 18.0 Å². The number of fused-ring (bicyclic) bond motifs is 3. The van der Waals surface area contributed by atoms with Gasteiger partial charge in [0.15, 0.2) is 0 Å². The third-order valence-electron chi connectivity index (χ3n) is 6.01. The van der Waals surface area contributed by atoms with Gasteiger partial charge in [0, 0.05) is 29.5 Å². The van der Waals surface area contributed by atoms with Gasteiger partial charge in [-0.15, -0.1) is 0 Å². The first-order valence-electron chi connectivity index (χ1n) is 10.7.